The number of nitrogens with zero attached hydrogens (tertiary/aromatic N) is 1. The highest BCUT2D eigenvalue weighted by Crippen LogP contribution is 2.09. The summed E-state index contributed by atoms with van der Waals surface area (Å²) in [6, 6.07) is 0. The predicted octanol–water partition coefficient (Wildman–Crippen LogP) is 3.38. The van der Waals surface area contributed by atoms with Crippen molar-refractivity contribution in [2.75, 3.05) is 26.3 Å². The molecule has 0 unspecified atom stereocenters. The van der Waals surface area contributed by atoms with Gasteiger partial charge in [0.2, 0.25) is 0 Å². The number of allylic oxidation sites excluding steroid dienone is 4. The highest BCUT2D eigenvalue weighted by atomic mass is 16.5. The fourth-order valence-electron chi connectivity index (χ4n) is 1.45. The minimum Gasteiger partial charge on any atom is -0.380 e. The van der Waals surface area contributed by atoms with Crippen molar-refractivity contribution >= 4 is 0 Å². The van der Waals surface area contributed by atoms with E-state index in [9.17, 15) is 0 Å². The minimum atomic E-state index is 0.773. The lowest BCUT2D eigenvalue weighted by atomic mass is 10.2. The number of ether oxygens (including phenoxy) is 1. The summed E-state index contributed by atoms with van der Waals surface area (Å²) in [6.07, 6.45) is 6.05. The van der Waals surface area contributed by atoms with Gasteiger partial charge in [-0.1, -0.05) is 18.2 Å². The minimum absolute atomic E-state index is 0.773. The number of likely N-dealkylation sites (N-methyl/N-ethyl adjacent to an activating group) is 1. The Bertz CT molecular complexity index is 249. The second kappa shape index (κ2) is 9.22. The van der Waals surface area contributed by atoms with Gasteiger partial charge >= 0.3 is 0 Å². The van der Waals surface area contributed by atoms with Crippen LogP contribution >= 0.6 is 0 Å². The topological polar surface area (TPSA) is 12.5 Å². The molecule has 0 atom stereocenters. The van der Waals surface area contributed by atoms with E-state index in [4.69, 9.17) is 4.74 Å². The average molecular weight is 223 g/mol. The standard InChI is InChI=1S/C14H25NO/c1-6-9-14(12-13(4)5)15(7-2)10-11-16-8-3/h6,9,12H,1,7-8,10-11H2,2-5H3/b14-9+. The lowest BCUT2D eigenvalue weighted by Gasteiger charge is -2.24. The zero-order chi connectivity index (χ0) is 12.4. The van der Waals surface area contributed by atoms with Gasteiger partial charge in [-0.3, -0.25) is 0 Å². The monoisotopic (exact) mass is 223 g/mol. The molecule has 0 aliphatic heterocycles. The Labute approximate surface area is 100 Å². The summed E-state index contributed by atoms with van der Waals surface area (Å²) in [5.41, 5.74) is 2.50. The summed E-state index contributed by atoms with van der Waals surface area (Å²) in [5, 5.41) is 0. The second-order valence-electron chi connectivity index (χ2n) is 3.83. The summed E-state index contributed by atoms with van der Waals surface area (Å²) in [5.74, 6) is 0. The Balaban J connectivity index is 4.53. The van der Waals surface area contributed by atoms with E-state index in [1.165, 1.54) is 11.3 Å². The van der Waals surface area contributed by atoms with Crippen molar-refractivity contribution < 1.29 is 4.74 Å². The highest BCUT2D eigenvalue weighted by Gasteiger charge is 2.04. The van der Waals surface area contributed by atoms with Crippen molar-refractivity contribution in [3.63, 3.8) is 0 Å². The van der Waals surface area contributed by atoms with Gasteiger partial charge in [-0.2, -0.15) is 0 Å². The van der Waals surface area contributed by atoms with Crippen LogP contribution in [0.1, 0.15) is 27.7 Å². The molecule has 0 N–H and O–H groups in total. The zero-order valence-corrected chi connectivity index (χ0v) is 11.1. The largest absolute Gasteiger partial charge is 0.380 e. The van der Waals surface area contributed by atoms with Crippen LogP contribution in [-0.2, 0) is 4.74 Å². The van der Waals surface area contributed by atoms with Crippen molar-refractivity contribution in [3.8, 4) is 0 Å². The maximum atomic E-state index is 5.38. The van der Waals surface area contributed by atoms with Gasteiger partial charge in [-0.15, -0.1) is 0 Å². The Morgan fingerprint density at radius 1 is 1.31 bits per heavy atom. The van der Waals surface area contributed by atoms with Gasteiger partial charge in [-0.25, -0.2) is 0 Å². The third-order valence-electron chi connectivity index (χ3n) is 2.18. The van der Waals surface area contributed by atoms with Crippen LogP contribution in [0.4, 0.5) is 0 Å². The predicted molar refractivity (Wildman–Crippen MR) is 71.5 cm³/mol. The Kier molecular flexibility index (Phi) is 8.64. The van der Waals surface area contributed by atoms with Gasteiger partial charge in [0.1, 0.15) is 0 Å². The van der Waals surface area contributed by atoms with Crippen molar-refractivity contribution in [3.05, 3.63) is 36.1 Å². The second-order valence-corrected chi connectivity index (χ2v) is 3.83. The molecule has 0 aromatic rings. The summed E-state index contributed by atoms with van der Waals surface area (Å²) < 4.78 is 5.38. The zero-order valence-electron chi connectivity index (χ0n) is 11.1. The van der Waals surface area contributed by atoms with Crippen LogP contribution < -0.4 is 0 Å². The molecule has 0 heterocycles. The molecule has 2 heteroatoms. The normalized spacial score (nSPS) is 11.1. The van der Waals surface area contributed by atoms with Crippen LogP contribution in [0.2, 0.25) is 0 Å². The van der Waals surface area contributed by atoms with Gasteiger partial charge in [0.05, 0.1) is 6.61 Å². The van der Waals surface area contributed by atoms with Crippen LogP contribution in [0.5, 0.6) is 0 Å². The summed E-state index contributed by atoms with van der Waals surface area (Å²) in [7, 11) is 0. The number of hydrogen-bond donors (Lipinski definition) is 0. The third-order valence-corrected chi connectivity index (χ3v) is 2.18. The fourth-order valence-corrected chi connectivity index (χ4v) is 1.45. The Morgan fingerprint density at radius 2 is 2.00 bits per heavy atom. The van der Waals surface area contributed by atoms with Crippen molar-refractivity contribution in [2.45, 2.75) is 27.7 Å². The molecular formula is C14H25NO. The maximum Gasteiger partial charge on any atom is 0.0641 e. The molecule has 0 aliphatic rings. The molecule has 0 saturated heterocycles. The van der Waals surface area contributed by atoms with Crippen molar-refractivity contribution in [2.24, 2.45) is 0 Å². The van der Waals surface area contributed by atoms with Crippen molar-refractivity contribution in [1.82, 2.24) is 4.90 Å². The van der Waals surface area contributed by atoms with E-state index in [0.717, 1.165) is 26.3 Å². The molecule has 0 rings (SSSR count). The van der Waals surface area contributed by atoms with E-state index < -0.39 is 0 Å². The lowest BCUT2D eigenvalue weighted by molar-refractivity contribution is 0.126. The molecule has 0 bridgehead atoms. The first-order valence-corrected chi connectivity index (χ1v) is 5.96. The lowest BCUT2D eigenvalue weighted by Crippen LogP contribution is -2.26. The molecule has 92 valence electrons. The molecular weight excluding hydrogens is 198 g/mol. The molecule has 0 aromatic heterocycles. The maximum absolute atomic E-state index is 5.38. The number of hydrogen-bond acceptors (Lipinski definition) is 2. The van der Waals surface area contributed by atoms with Crippen LogP contribution in [-0.4, -0.2) is 31.2 Å². The van der Waals surface area contributed by atoms with Crippen molar-refractivity contribution in [1.29, 1.82) is 0 Å². The first-order chi connectivity index (χ1) is 7.65. The van der Waals surface area contributed by atoms with Gasteiger partial charge < -0.3 is 9.64 Å². The Morgan fingerprint density at radius 3 is 2.44 bits per heavy atom. The molecule has 0 spiro atoms. The third kappa shape index (κ3) is 6.46. The molecule has 0 fully saturated rings. The summed E-state index contributed by atoms with van der Waals surface area (Å²) >= 11 is 0. The fraction of sp³-hybridized carbons (Fsp3) is 0.571. The van der Waals surface area contributed by atoms with E-state index in [0.29, 0.717) is 0 Å². The number of rotatable bonds is 8. The van der Waals surface area contributed by atoms with Crippen LogP contribution in [0.3, 0.4) is 0 Å². The molecule has 0 radical (unpaired) electrons. The first kappa shape index (κ1) is 15.0. The molecule has 0 aromatic carbocycles. The summed E-state index contributed by atoms with van der Waals surface area (Å²) in [4.78, 5) is 2.30. The van der Waals surface area contributed by atoms with E-state index in [1.54, 1.807) is 0 Å². The Hall–Kier alpha value is -1.02. The average Bonchev–Trinajstić information content (AvgIpc) is 2.23. The molecule has 0 amide bonds. The molecule has 0 aliphatic carbocycles. The van der Waals surface area contributed by atoms with Crippen LogP contribution in [0.25, 0.3) is 0 Å². The van der Waals surface area contributed by atoms with Gasteiger partial charge in [0.15, 0.2) is 0 Å². The molecule has 16 heavy (non-hydrogen) atoms. The first-order valence-electron chi connectivity index (χ1n) is 5.96. The quantitative estimate of drug-likeness (QED) is 0.462. The van der Waals surface area contributed by atoms with Crippen LogP contribution in [0, 0.1) is 0 Å². The highest BCUT2D eigenvalue weighted by molar-refractivity contribution is 5.24. The molecule has 2 nitrogen and oxygen atoms in total. The van der Waals surface area contributed by atoms with E-state index in [1.807, 2.05) is 19.1 Å². The van der Waals surface area contributed by atoms with E-state index >= 15 is 0 Å². The molecule has 0 saturated carbocycles. The SMILES string of the molecule is C=C/C=C(\C=C(C)C)N(CC)CCOCC. The van der Waals surface area contributed by atoms with Gasteiger partial charge in [0, 0.05) is 25.4 Å². The van der Waals surface area contributed by atoms with Gasteiger partial charge in [0.25, 0.3) is 0 Å². The smallest absolute Gasteiger partial charge is 0.0641 e. The van der Waals surface area contributed by atoms with Gasteiger partial charge in [-0.05, 0) is 39.8 Å². The van der Waals surface area contributed by atoms with E-state index in [2.05, 4.69) is 38.3 Å². The van der Waals surface area contributed by atoms with E-state index in [-0.39, 0.29) is 0 Å². The van der Waals surface area contributed by atoms with Crippen LogP contribution in [0.15, 0.2) is 36.1 Å². The summed E-state index contributed by atoms with van der Waals surface area (Å²) in [6.45, 7) is 15.6.